The molecule has 0 saturated heterocycles. The quantitative estimate of drug-likeness (QED) is 0.433. The van der Waals surface area contributed by atoms with Crippen molar-refractivity contribution in [3.05, 3.63) is 59.9 Å². The van der Waals surface area contributed by atoms with Crippen LogP contribution in [0.5, 0.6) is 5.88 Å². The Morgan fingerprint density at radius 2 is 1.93 bits per heavy atom. The number of hydrogen-bond acceptors (Lipinski definition) is 9. The van der Waals surface area contributed by atoms with E-state index in [-0.39, 0.29) is 22.5 Å². The standard InChI is InChI=1S/C17H16N6O6/c1-4-9(2)21-16(24)12(8-18)10(3)15(17(21)25)20-19-13-6-5-11(22(26)27)7-14(13)23(28)29/h5-7,9,24H,4H2,1-3H3. The predicted molar refractivity (Wildman–Crippen MR) is 101 cm³/mol. The number of aromatic hydroxyl groups is 1. The topological polar surface area (TPSA) is 177 Å². The monoisotopic (exact) mass is 400 g/mol. The molecule has 0 saturated carbocycles. The lowest BCUT2D eigenvalue weighted by molar-refractivity contribution is -0.393. The summed E-state index contributed by atoms with van der Waals surface area (Å²) < 4.78 is 1.00. The molecule has 1 N–H and O–H groups in total. The second-order valence-electron chi connectivity index (χ2n) is 6.10. The van der Waals surface area contributed by atoms with Gasteiger partial charge in [0.2, 0.25) is 5.88 Å². The van der Waals surface area contributed by atoms with Gasteiger partial charge in [-0.05, 0) is 26.3 Å². The van der Waals surface area contributed by atoms with Gasteiger partial charge >= 0.3 is 5.69 Å². The number of nitro benzene ring substituents is 2. The molecule has 0 bridgehead atoms. The molecule has 29 heavy (non-hydrogen) atoms. The Labute approximate surface area is 163 Å². The smallest absolute Gasteiger partial charge is 0.303 e. The molecule has 2 aromatic rings. The van der Waals surface area contributed by atoms with Gasteiger partial charge in [0.1, 0.15) is 11.6 Å². The first-order valence-corrected chi connectivity index (χ1v) is 8.36. The van der Waals surface area contributed by atoms with E-state index in [4.69, 9.17) is 0 Å². The molecule has 0 spiro atoms. The lowest BCUT2D eigenvalue weighted by Gasteiger charge is -2.17. The van der Waals surface area contributed by atoms with Gasteiger partial charge < -0.3 is 5.11 Å². The van der Waals surface area contributed by atoms with E-state index in [9.17, 15) is 35.4 Å². The summed E-state index contributed by atoms with van der Waals surface area (Å²) in [6.45, 7) is 4.84. The highest BCUT2D eigenvalue weighted by molar-refractivity contribution is 5.62. The maximum atomic E-state index is 12.8. The van der Waals surface area contributed by atoms with Gasteiger partial charge in [-0.1, -0.05) is 6.92 Å². The number of hydrogen-bond donors (Lipinski definition) is 1. The summed E-state index contributed by atoms with van der Waals surface area (Å²) in [5, 5.41) is 49.1. The van der Waals surface area contributed by atoms with Crippen LogP contribution in [0.3, 0.4) is 0 Å². The molecule has 1 heterocycles. The van der Waals surface area contributed by atoms with Crippen molar-refractivity contribution in [3.8, 4) is 11.9 Å². The fraction of sp³-hybridized carbons (Fsp3) is 0.294. The molecule has 0 aliphatic carbocycles. The van der Waals surface area contributed by atoms with Gasteiger partial charge in [-0.3, -0.25) is 29.6 Å². The first-order valence-electron chi connectivity index (χ1n) is 8.36. The maximum Gasteiger partial charge on any atom is 0.303 e. The van der Waals surface area contributed by atoms with E-state index in [1.165, 1.54) is 6.92 Å². The average molecular weight is 400 g/mol. The van der Waals surface area contributed by atoms with Crippen LogP contribution in [-0.4, -0.2) is 19.5 Å². The van der Waals surface area contributed by atoms with Crippen molar-refractivity contribution in [1.29, 1.82) is 5.26 Å². The molecular formula is C17H16N6O6. The molecule has 0 amide bonds. The van der Waals surface area contributed by atoms with Crippen molar-refractivity contribution in [2.24, 2.45) is 10.2 Å². The van der Waals surface area contributed by atoms with E-state index in [0.717, 1.165) is 22.8 Å². The molecule has 1 atom stereocenters. The van der Waals surface area contributed by atoms with Gasteiger partial charge in [0, 0.05) is 17.7 Å². The zero-order valence-electron chi connectivity index (χ0n) is 15.7. The van der Waals surface area contributed by atoms with Gasteiger partial charge in [0.05, 0.1) is 15.9 Å². The summed E-state index contributed by atoms with van der Waals surface area (Å²) >= 11 is 0. The number of nitrogens with zero attached hydrogens (tertiary/aromatic N) is 6. The number of nitriles is 1. The Morgan fingerprint density at radius 3 is 2.45 bits per heavy atom. The predicted octanol–water partition coefficient (Wildman–Crippen LogP) is 3.94. The van der Waals surface area contributed by atoms with Crippen molar-refractivity contribution >= 4 is 22.7 Å². The van der Waals surface area contributed by atoms with E-state index in [0.29, 0.717) is 6.42 Å². The summed E-state index contributed by atoms with van der Waals surface area (Å²) in [5.41, 5.74) is -2.57. The highest BCUT2D eigenvalue weighted by atomic mass is 16.6. The van der Waals surface area contributed by atoms with E-state index in [2.05, 4.69) is 10.2 Å². The minimum Gasteiger partial charge on any atom is -0.493 e. The number of azo groups is 1. The molecule has 1 aromatic carbocycles. The second-order valence-corrected chi connectivity index (χ2v) is 6.10. The van der Waals surface area contributed by atoms with Crippen LogP contribution in [0.1, 0.15) is 37.4 Å². The van der Waals surface area contributed by atoms with Gasteiger partial charge in [0.25, 0.3) is 11.2 Å². The molecule has 0 aliphatic heterocycles. The van der Waals surface area contributed by atoms with Crippen molar-refractivity contribution in [2.75, 3.05) is 0 Å². The lowest BCUT2D eigenvalue weighted by Crippen LogP contribution is -2.24. The Bertz CT molecular complexity index is 1130. The first-order chi connectivity index (χ1) is 13.6. The lowest BCUT2D eigenvalue weighted by atomic mass is 10.1. The van der Waals surface area contributed by atoms with Crippen LogP contribution in [0, 0.1) is 38.5 Å². The molecule has 12 heteroatoms. The van der Waals surface area contributed by atoms with Crippen molar-refractivity contribution < 1.29 is 15.0 Å². The Balaban J connectivity index is 2.71. The van der Waals surface area contributed by atoms with Gasteiger partial charge in [-0.15, -0.1) is 10.2 Å². The number of pyridine rings is 1. The Morgan fingerprint density at radius 1 is 1.28 bits per heavy atom. The maximum absolute atomic E-state index is 12.8. The van der Waals surface area contributed by atoms with Crippen molar-refractivity contribution in [2.45, 2.75) is 33.2 Å². The molecule has 2 rings (SSSR count). The molecule has 0 radical (unpaired) electrons. The van der Waals surface area contributed by atoms with Crippen LogP contribution in [-0.2, 0) is 0 Å². The highest BCUT2D eigenvalue weighted by Gasteiger charge is 2.23. The summed E-state index contributed by atoms with van der Waals surface area (Å²) in [7, 11) is 0. The fourth-order valence-electron chi connectivity index (χ4n) is 2.58. The first kappa shape index (κ1) is 21.2. The van der Waals surface area contributed by atoms with Gasteiger partial charge in [-0.2, -0.15) is 5.26 Å². The summed E-state index contributed by atoms with van der Waals surface area (Å²) in [6.07, 6.45) is 0.478. The summed E-state index contributed by atoms with van der Waals surface area (Å²) in [4.78, 5) is 33.2. The average Bonchev–Trinajstić information content (AvgIpc) is 2.67. The van der Waals surface area contributed by atoms with Gasteiger partial charge in [-0.25, -0.2) is 0 Å². The molecule has 0 aliphatic rings. The number of aromatic nitrogens is 1. The minimum atomic E-state index is -0.858. The highest BCUT2D eigenvalue weighted by Crippen LogP contribution is 2.34. The minimum absolute atomic E-state index is 0.0582. The molecule has 1 aromatic heterocycles. The summed E-state index contributed by atoms with van der Waals surface area (Å²) in [5.74, 6) is -0.496. The molecule has 150 valence electrons. The van der Waals surface area contributed by atoms with Crippen LogP contribution in [0.4, 0.5) is 22.7 Å². The zero-order chi connectivity index (χ0) is 21.9. The zero-order valence-corrected chi connectivity index (χ0v) is 15.7. The third kappa shape index (κ3) is 3.93. The number of rotatable bonds is 6. The summed E-state index contributed by atoms with van der Waals surface area (Å²) in [6, 6.07) is 4.14. The molecular weight excluding hydrogens is 384 g/mol. The Kier molecular flexibility index (Phi) is 6.03. The third-order valence-corrected chi connectivity index (χ3v) is 4.37. The van der Waals surface area contributed by atoms with Gasteiger partial charge in [0.15, 0.2) is 11.4 Å². The third-order valence-electron chi connectivity index (χ3n) is 4.37. The van der Waals surface area contributed by atoms with Crippen molar-refractivity contribution in [1.82, 2.24) is 4.57 Å². The van der Waals surface area contributed by atoms with E-state index >= 15 is 0 Å². The largest absolute Gasteiger partial charge is 0.493 e. The Hall–Kier alpha value is -4.14. The number of benzene rings is 1. The van der Waals surface area contributed by atoms with E-state index < -0.39 is 38.7 Å². The van der Waals surface area contributed by atoms with E-state index in [1.807, 2.05) is 0 Å². The molecule has 0 fully saturated rings. The van der Waals surface area contributed by atoms with E-state index in [1.54, 1.807) is 19.9 Å². The van der Waals surface area contributed by atoms with Crippen LogP contribution in [0.15, 0.2) is 33.2 Å². The normalized spacial score (nSPS) is 11.9. The van der Waals surface area contributed by atoms with Crippen molar-refractivity contribution in [3.63, 3.8) is 0 Å². The number of nitro groups is 2. The SMILES string of the molecule is CCC(C)n1c(O)c(C#N)c(C)c(N=Nc2ccc([N+](=O)[O-])cc2[N+](=O)[O-])c1=O. The molecule has 12 nitrogen and oxygen atoms in total. The van der Waals surface area contributed by atoms with Crippen LogP contribution < -0.4 is 5.56 Å². The van der Waals surface area contributed by atoms with Crippen LogP contribution >= 0.6 is 0 Å². The second kappa shape index (κ2) is 8.26. The fourth-order valence-corrected chi connectivity index (χ4v) is 2.58. The molecule has 1 unspecified atom stereocenters. The number of non-ortho nitro benzene ring substituents is 1. The van der Waals surface area contributed by atoms with Crippen LogP contribution in [0.25, 0.3) is 0 Å². The van der Waals surface area contributed by atoms with Crippen LogP contribution in [0.2, 0.25) is 0 Å².